The van der Waals surface area contributed by atoms with E-state index in [2.05, 4.69) is 5.32 Å². The zero-order valence-electron chi connectivity index (χ0n) is 14.7. The van der Waals surface area contributed by atoms with Crippen molar-refractivity contribution in [2.24, 2.45) is 0 Å². The number of methoxy groups -OCH3 is 3. The summed E-state index contributed by atoms with van der Waals surface area (Å²) in [7, 11) is 4.33. The Morgan fingerprint density at radius 3 is 2.07 bits per heavy atom. The number of hydrogen-bond donors (Lipinski definition) is 1. The second kappa shape index (κ2) is 8.02. The topological polar surface area (TPSA) is 82.9 Å². The van der Waals surface area contributed by atoms with Gasteiger partial charge >= 0.3 is 6.18 Å². The minimum absolute atomic E-state index is 0.0400. The molecule has 2 rings (SSSR count). The van der Waals surface area contributed by atoms with Crippen LogP contribution in [0.2, 0.25) is 0 Å². The SMILES string of the molecule is COc1cc(CNc2ccc(C(F)(F)F)cc2[N+](=O)[O-])cc(OC)c1OC. The number of nitrogens with one attached hydrogen (secondary N) is 1. The average molecular weight is 386 g/mol. The smallest absolute Gasteiger partial charge is 0.416 e. The van der Waals surface area contributed by atoms with Gasteiger partial charge < -0.3 is 19.5 Å². The first-order valence-electron chi connectivity index (χ1n) is 7.59. The molecule has 1 N–H and O–H groups in total. The molecule has 0 aromatic heterocycles. The Bertz CT molecular complexity index is 815. The van der Waals surface area contributed by atoms with Gasteiger partial charge in [0.05, 0.1) is 31.8 Å². The Kier molecular flexibility index (Phi) is 5.98. The van der Waals surface area contributed by atoms with Crippen molar-refractivity contribution in [3.05, 3.63) is 51.6 Å². The van der Waals surface area contributed by atoms with Crippen molar-refractivity contribution < 1.29 is 32.3 Å². The van der Waals surface area contributed by atoms with E-state index >= 15 is 0 Å². The van der Waals surface area contributed by atoms with E-state index in [1.165, 1.54) is 21.3 Å². The van der Waals surface area contributed by atoms with Gasteiger partial charge in [-0.1, -0.05) is 0 Å². The van der Waals surface area contributed by atoms with Crippen molar-refractivity contribution in [3.63, 3.8) is 0 Å². The van der Waals surface area contributed by atoms with Gasteiger partial charge in [0, 0.05) is 12.6 Å². The van der Waals surface area contributed by atoms with E-state index in [0.717, 1.165) is 12.1 Å². The molecule has 0 spiro atoms. The van der Waals surface area contributed by atoms with Crippen molar-refractivity contribution in [3.8, 4) is 17.2 Å². The monoisotopic (exact) mass is 386 g/mol. The fourth-order valence-electron chi connectivity index (χ4n) is 2.44. The summed E-state index contributed by atoms with van der Waals surface area (Å²) in [6, 6.07) is 5.57. The summed E-state index contributed by atoms with van der Waals surface area (Å²) >= 11 is 0. The molecule has 27 heavy (non-hydrogen) atoms. The van der Waals surface area contributed by atoms with Crippen LogP contribution in [-0.4, -0.2) is 26.3 Å². The van der Waals surface area contributed by atoms with Crippen LogP contribution in [0.25, 0.3) is 0 Å². The Hall–Kier alpha value is -3.17. The molecule has 0 aliphatic heterocycles. The third kappa shape index (κ3) is 4.52. The predicted octanol–water partition coefficient (Wildman–Crippen LogP) is 4.25. The zero-order chi connectivity index (χ0) is 20.2. The molecule has 0 aliphatic rings. The van der Waals surface area contributed by atoms with Crippen LogP contribution in [0.1, 0.15) is 11.1 Å². The number of halogens is 3. The van der Waals surface area contributed by atoms with Crippen LogP contribution in [0, 0.1) is 10.1 Å². The normalized spacial score (nSPS) is 11.0. The summed E-state index contributed by atoms with van der Waals surface area (Å²) in [6.45, 7) is 0.0862. The van der Waals surface area contributed by atoms with Gasteiger partial charge in [-0.15, -0.1) is 0 Å². The minimum atomic E-state index is -4.67. The van der Waals surface area contributed by atoms with E-state index in [1.54, 1.807) is 12.1 Å². The van der Waals surface area contributed by atoms with Gasteiger partial charge in [0.2, 0.25) is 5.75 Å². The summed E-state index contributed by atoms with van der Waals surface area (Å²) in [5.74, 6) is 1.15. The third-order valence-corrected chi connectivity index (χ3v) is 3.73. The molecule has 0 saturated carbocycles. The number of alkyl halides is 3. The summed E-state index contributed by atoms with van der Waals surface area (Å²) in [4.78, 5) is 10.3. The summed E-state index contributed by atoms with van der Waals surface area (Å²) < 4.78 is 54.0. The molecule has 0 aliphatic carbocycles. The second-order valence-electron chi connectivity index (χ2n) is 5.37. The minimum Gasteiger partial charge on any atom is -0.493 e. The van der Waals surface area contributed by atoms with E-state index in [-0.39, 0.29) is 12.2 Å². The number of nitrogens with zero attached hydrogens (tertiary/aromatic N) is 1. The second-order valence-corrected chi connectivity index (χ2v) is 5.37. The number of benzene rings is 2. The lowest BCUT2D eigenvalue weighted by Gasteiger charge is -2.15. The lowest BCUT2D eigenvalue weighted by atomic mass is 10.1. The number of anilines is 1. The molecule has 2 aromatic carbocycles. The lowest BCUT2D eigenvalue weighted by Crippen LogP contribution is -2.08. The van der Waals surface area contributed by atoms with Gasteiger partial charge in [-0.05, 0) is 29.8 Å². The van der Waals surface area contributed by atoms with Crippen molar-refractivity contribution in [1.29, 1.82) is 0 Å². The molecule has 0 radical (unpaired) electrons. The molecule has 0 atom stereocenters. The third-order valence-electron chi connectivity index (χ3n) is 3.73. The van der Waals surface area contributed by atoms with Crippen LogP contribution in [-0.2, 0) is 12.7 Å². The standard InChI is InChI=1S/C17H17F3N2O5/c1-25-14-6-10(7-15(26-2)16(14)27-3)9-21-12-5-4-11(17(18,19)20)8-13(12)22(23)24/h4-8,21H,9H2,1-3H3. The maximum absolute atomic E-state index is 12.8. The zero-order valence-corrected chi connectivity index (χ0v) is 14.7. The van der Waals surface area contributed by atoms with Crippen LogP contribution in [0.3, 0.4) is 0 Å². The predicted molar refractivity (Wildman–Crippen MR) is 91.5 cm³/mol. The highest BCUT2D eigenvalue weighted by molar-refractivity contribution is 5.63. The van der Waals surface area contributed by atoms with Crippen molar-refractivity contribution >= 4 is 11.4 Å². The molecule has 146 valence electrons. The highest BCUT2D eigenvalue weighted by Gasteiger charge is 2.33. The van der Waals surface area contributed by atoms with Gasteiger partial charge in [0.1, 0.15) is 5.69 Å². The molecule has 0 unspecified atom stereocenters. The average Bonchev–Trinajstić information content (AvgIpc) is 2.64. The van der Waals surface area contributed by atoms with Crippen LogP contribution < -0.4 is 19.5 Å². The van der Waals surface area contributed by atoms with Gasteiger partial charge in [0.25, 0.3) is 5.69 Å². The van der Waals surface area contributed by atoms with Crippen LogP contribution in [0.5, 0.6) is 17.2 Å². The molecular weight excluding hydrogens is 369 g/mol. The van der Waals surface area contributed by atoms with Crippen LogP contribution in [0.15, 0.2) is 30.3 Å². The van der Waals surface area contributed by atoms with Crippen molar-refractivity contribution in [1.82, 2.24) is 0 Å². The summed E-state index contributed by atoms with van der Waals surface area (Å²) in [6.07, 6.45) is -4.67. The summed E-state index contributed by atoms with van der Waals surface area (Å²) in [5, 5.41) is 13.9. The Morgan fingerprint density at radius 2 is 1.63 bits per heavy atom. The van der Waals surface area contributed by atoms with E-state index < -0.39 is 22.4 Å². The van der Waals surface area contributed by atoms with Crippen LogP contribution >= 0.6 is 0 Å². The lowest BCUT2D eigenvalue weighted by molar-refractivity contribution is -0.384. The first-order valence-corrected chi connectivity index (χ1v) is 7.59. The molecule has 2 aromatic rings. The quantitative estimate of drug-likeness (QED) is 0.566. The number of ether oxygens (including phenoxy) is 3. The number of hydrogen-bond acceptors (Lipinski definition) is 6. The fourth-order valence-corrected chi connectivity index (χ4v) is 2.44. The van der Waals surface area contributed by atoms with E-state index in [9.17, 15) is 23.3 Å². The largest absolute Gasteiger partial charge is 0.493 e. The molecule has 0 bridgehead atoms. The molecule has 0 fully saturated rings. The fraction of sp³-hybridized carbons (Fsp3) is 0.294. The molecule has 10 heteroatoms. The van der Waals surface area contributed by atoms with Crippen molar-refractivity contribution in [2.75, 3.05) is 26.6 Å². The van der Waals surface area contributed by atoms with Gasteiger partial charge in [-0.25, -0.2) is 0 Å². The van der Waals surface area contributed by atoms with Gasteiger partial charge in [0.15, 0.2) is 11.5 Å². The van der Waals surface area contributed by atoms with Gasteiger partial charge in [-0.2, -0.15) is 13.2 Å². The maximum Gasteiger partial charge on any atom is 0.416 e. The Labute approximate surface area is 152 Å². The highest BCUT2D eigenvalue weighted by atomic mass is 19.4. The first-order chi connectivity index (χ1) is 12.7. The molecule has 7 nitrogen and oxygen atoms in total. The van der Waals surface area contributed by atoms with Gasteiger partial charge in [-0.3, -0.25) is 10.1 Å². The molecule has 0 saturated heterocycles. The maximum atomic E-state index is 12.8. The Morgan fingerprint density at radius 1 is 1.04 bits per heavy atom. The Balaban J connectivity index is 2.32. The summed E-state index contributed by atoms with van der Waals surface area (Å²) in [5.41, 5.74) is -1.18. The number of nitro benzene ring substituents is 1. The number of nitro groups is 1. The van der Waals surface area contributed by atoms with Crippen LogP contribution in [0.4, 0.5) is 24.5 Å². The van der Waals surface area contributed by atoms with E-state index in [0.29, 0.717) is 28.9 Å². The molecular formula is C17H17F3N2O5. The van der Waals surface area contributed by atoms with Crippen molar-refractivity contribution in [2.45, 2.75) is 12.7 Å². The molecule has 0 heterocycles. The first kappa shape index (κ1) is 20.1. The molecule has 0 amide bonds. The highest BCUT2D eigenvalue weighted by Crippen LogP contribution is 2.39. The van der Waals surface area contributed by atoms with E-state index in [4.69, 9.17) is 14.2 Å². The van der Waals surface area contributed by atoms with E-state index in [1.807, 2.05) is 0 Å². The number of rotatable bonds is 7.